The first kappa shape index (κ1) is 9.35. The van der Waals surface area contributed by atoms with E-state index in [1.165, 1.54) is 0 Å². The van der Waals surface area contributed by atoms with Crippen molar-refractivity contribution in [2.75, 3.05) is 0 Å². The molecule has 0 amide bonds. The summed E-state index contributed by atoms with van der Waals surface area (Å²) in [5.74, 6) is 0.854. The Morgan fingerprint density at radius 1 is 1.50 bits per heavy atom. The van der Waals surface area contributed by atoms with Crippen molar-refractivity contribution in [3.63, 3.8) is 0 Å². The maximum absolute atomic E-state index is 5.88. The van der Waals surface area contributed by atoms with Crippen LogP contribution in [0.2, 0.25) is 5.02 Å². The van der Waals surface area contributed by atoms with E-state index < -0.39 is 0 Å². The number of ether oxygens (including phenoxy) is 1. The number of hydrogen-bond acceptors (Lipinski definition) is 1. The molecule has 1 aromatic carbocycles. The molecule has 1 aliphatic rings. The number of benzene rings is 1. The molecule has 1 unspecified atom stereocenters. The van der Waals surface area contributed by atoms with Crippen LogP contribution in [-0.2, 0) is 0 Å². The van der Waals surface area contributed by atoms with Crippen LogP contribution in [0.25, 0.3) is 6.08 Å². The molecule has 0 saturated heterocycles. The Hall–Kier alpha value is -1.21. The molecule has 0 aliphatic carbocycles. The summed E-state index contributed by atoms with van der Waals surface area (Å²) in [6, 6.07) is 5.66. The van der Waals surface area contributed by atoms with Gasteiger partial charge in [0, 0.05) is 17.0 Å². The molecule has 72 valence electrons. The van der Waals surface area contributed by atoms with Crippen LogP contribution in [0.4, 0.5) is 0 Å². The zero-order chi connectivity index (χ0) is 9.97. The summed E-state index contributed by atoms with van der Waals surface area (Å²) in [7, 11) is 0. The van der Waals surface area contributed by atoms with E-state index in [-0.39, 0.29) is 6.10 Å². The van der Waals surface area contributed by atoms with Crippen molar-refractivity contribution in [2.24, 2.45) is 0 Å². The van der Waals surface area contributed by atoms with Crippen LogP contribution in [-0.4, -0.2) is 6.10 Å². The van der Waals surface area contributed by atoms with Gasteiger partial charge < -0.3 is 4.74 Å². The molecule has 0 fully saturated rings. The molecule has 14 heavy (non-hydrogen) atoms. The lowest BCUT2D eigenvalue weighted by Crippen LogP contribution is -2.15. The van der Waals surface area contributed by atoms with Crippen LogP contribution < -0.4 is 4.74 Å². The van der Waals surface area contributed by atoms with Gasteiger partial charge in [-0.05, 0) is 24.3 Å². The summed E-state index contributed by atoms with van der Waals surface area (Å²) in [4.78, 5) is 0. The molecule has 0 bridgehead atoms. The fourth-order valence-corrected chi connectivity index (χ4v) is 1.61. The van der Waals surface area contributed by atoms with Crippen molar-refractivity contribution >= 4 is 17.7 Å². The van der Waals surface area contributed by atoms with Crippen LogP contribution in [0, 0.1) is 0 Å². The monoisotopic (exact) mass is 206 g/mol. The van der Waals surface area contributed by atoms with Crippen molar-refractivity contribution in [3.8, 4) is 5.75 Å². The van der Waals surface area contributed by atoms with E-state index in [4.69, 9.17) is 16.3 Å². The quantitative estimate of drug-likeness (QED) is 0.671. The molecular formula is C12H11ClO. The third-order valence-electron chi connectivity index (χ3n) is 2.14. The second-order valence-corrected chi connectivity index (χ2v) is 3.66. The molecule has 0 spiro atoms. The SMILES string of the molecule is C=CCC1C=Cc2ccc(Cl)cc2O1. The Labute approximate surface area is 88.7 Å². The van der Waals surface area contributed by atoms with Crippen molar-refractivity contribution < 1.29 is 4.74 Å². The maximum atomic E-state index is 5.88. The van der Waals surface area contributed by atoms with Crippen LogP contribution >= 0.6 is 11.6 Å². The predicted molar refractivity (Wildman–Crippen MR) is 59.7 cm³/mol. The Morgan fingerprint density at radius 2 is 2.36 bits per heavy atom. The molecule has 1 nitrogen and oxygen atoms in total. The van der Waals surface area contributed by atoms with Crippen molar-refractivity contribution in [1.29, 1.82) is 0 Å². The van der Waals surface area contributed by atoms with Gasteiger partial charge in [-0.15, -0.1) is 6.58 Å². The summed E-state index contributed by atoms with van der Waals surface area (Å²) in [6.45, 7) is 3.69. The number of fused-ring (bicyclic) bond motifs is 1. The third kappa shape index (κ3) is 1.83. The standard InChI is InChI=1S/C12H11ClO/c1-2-3-11-7-5-9-4-6-10(13)8-12(9)14-11/h2,4-8,11H,1,3H2. The highest BCUT2D eigenvalue weighted by atomic mass is 35.5. The minimum Gasteiger partial charge on any atom is -0.485 e. The smallest absolute Gasteiger partial charge is 0.128 e. The van der Waals surface area contributed by atoms with Crippen molar-refractivity contribution in [1.82, 2.24) is 0 Å². The van der Waals surface area contributed by atoms with Gasteiger partial charge in [0.1, 0.15) is 11.9 Å². The van der Waals surface area contributed by atoms with E-state index in [0.717, 1.165) is 17.7 Å². The van der Waals surface area contributed by atoms with Crippen LogP contribution in [0.1, 0.15) is 12.0 Å². The van der Waals surface area contributed by atoms with E-state index in [9.17, 15) is 0 Å². The molecular weight excluding hydrogens is 196 g/mol. The number of hydrogen-bond donors (Lipinski definition) is 0. The van der Waals surface area contributed by atoms with Gasteiger partial charge in [-0.2, -0.15) is 0 Å². The van der Waals surface area contributed by atoms with Gasteiger partial charge >= 0.3 is 0 Å². The predicted octanol–water partition coefficient (Wildman–Crippen LogP) is 3.69. The molecule has 1 aliphatic heterocycles. The normalized spacial score (nSPS) is 18.5. The van der Waals surface area contributed by atoms with Crippen molar-refractivity contribution in [2.45, 2.75) is 12.5 Å². The Bertz CT molecular complexity index is 382. The molecule has 0 saturated carbocycles. The third-order valence-corrected chi connectivity index (χ3v) is 2.38. The van der Waals surface area contributed by atoms with E-state index in [1.54, 1.807) is 0 Å². The van der Waals surface area contributed by atoms with Gasteiger partial charge in [-0.25, -0.2) is 0 Å². The zero-order valence-electron chi connectivity index (χ0n) is 7.74. The lowest BCUT2D eigenvalue weighted by atomic mass is 10.1. The highest BCUT2D eigenvalue weighted by Gasteiger charge is 2.13. The van der Waals surface area contributed by atoms with Gasteiger partial charge in [-0.3, -0.25) is 0 Å². The fourth-order valence-electron chi connectivity index (χ4n) is 1.45. The topological polar surface area (TPSA) is 9.23 Å². The first-order chi connectivity index (χ1) is 6.79. The highest BCUT2D eigenvalue weighted by molar-refractivity contribution is 6.30. The minimum atomic E-state index is 0.0958. The Morgan fingerprint density at radius 3 is 3.14 bits per heavy atom. The van der Waals surface area contributed by atoms with Crippen molar-refractivity contribution in [3.05, 3.63) is 47.5 Å². The molecule has 0 N–H and O–H groups in total. The van der Waals surface area contributed by atoms with E-state index in [1.807, 2.05) is 30.4 Å². The summed E-state index contributed by atoms with van der Waals surface area (Å²) in [5, 5.41) is 0.705. The summed E-state index contributed by atoms with van der Waals surface area (Å²) >= 11 is 5.88. The molecule has 1 aromatic rings. The highest BCUT2D eigenvalue weighted by Crippen LogP contribution is 2.29. The maximum Gasteiger partial charge on any atom is 0.128 e. The summed E-state index contributed by atoms with van der Waals surface area (Å²) in [5.41, 5.74) is 1.08. The van der Waals surface area contributed by atoms with E-state index >= 15 is 0 Å². The summed E-state index contributed by atoms with van der Waals surface area (Å²) < 4.78 is 5.71. The first-order valence-corrected chi connectivity index (χ1v) is 4.92. The molecule has 2 heteroatoms. The molecule has 1 heterocycles. The molecule has 0 aromatic heterocycles. The van der Waals surface area contributed by atoms with Gasteiger partial charge in [0.2, 0.25) is 0 Å². The van der Waals surface area contributed by atoms with Gasteiger partial charge in [0.15, 0.2) is 0 Å². The number of halogens is 1. The van der Waals surface area contributed by atoms with Gasteiger partial charge in [0.05, 0.1) is 0 Å². The minimum absolute atomic E-state index is 0.0958. The molecule has 2 rings (SSSR count). The second-order valence-electron chi connectivity index (χ2n) is 3.22. The molecule has 0 radical (unpaired) electrons. The largest absolute Gasteiger partial charge is 0.485 e. The average Bonchev–Trinajstić information content (AvgIpc) is 2.17. The van der Waals surface area contributed by atoms with Crippen LogP contribution in [0.15, 0.2) is 36.9 Å². The molecule has 1 atom stereocenters. The van der Waals surface area contributed by atoms with Gasteiger partial charge in [-0.1, -0.05) is 23.8 Å². The van der Waals surface area contributed by atoms with E-state index in [2.05, 4.69) is 12.7 Å². The van der Waals surface area contributed by atoms with Crippen LogP contribution in [0.5, 0.6) is 5.75 Å². The second kappa shape index (κ2) is 3.89. The number of rotatable bonds is 2. The van der Waals surface area contributed by atoms with Gasteiger partial charge in [0.25, 0.3) is 0 Å². The van der Waals surface area contributed by atoms with E-state index in [0.29, 0.717) is 5.02 Å². The lowest BCUT2D eigenvalue weighted by Gasteiger charge is -2.20. The van der Waals surface area contributed by atoms with Crippen LogP contribution in [0.3, 0.4) is 0 Å². The Kier molecular flexibility index (Phi) is 2.60. The Balaban J connectivity index is 2.27. The lowest BCUT2D eigenvalue weighted by molar-refractivity contribution is 0.249. The fraction of sp³-hybridized carbons (Fsp3) is 0.167. The first-order valence-electron chi connectivity index (χ1n) is 4.55. The zero-order valence-corrected chi connectivity index (χ0v) is 8.50. The average molecular weight is 207 g/mol. The summed E-state index contributed by atoms with van der Waals surface area (Å²) in [6.07, 6.45) is 6.87.